The van der Waals surface area contributed by atoms with E-state index in [1.54, 1.807) is 0 Å². The molecular weight excluding hydrogens is 232 g/mol. The van der Waals surface area contributed by atoms with E-state index in [0.29, 0.717) is 4.32 Å². The van der Waals surface area contributed by atoms with Crippen molar-refractivity contribution in [2.75, 3.05) is 5.33 Å². The molecule has 2 heteroatoms. The summed E-state index contributed by atoms with van der Waals surface area (Å²) in [5.74, 6) is 0. The van der Waals surface area contributed by atoms with Crippen LogP contribution in [0.3, 0.4) is 0 Å². The van der Waals surface area contributed by atoms with E-state index < -0.39 is 0 Å². The summed E-state index contributed by atoms with van der Waals surface area (Å²) in [4.78, 5) is 0. The molecule has 0 radical (unpaired) electrons. The average molecular weight is 240 g/mol. The summed E-state index contributed by atoms with van der Waals surface area (Å²) < 4.78 is 0.528. The minimum atomic E-state index is 0.528. The van der Waals surface area contributed by atoms with Crippen LogP contribution in [0.15, 0.2) is 0 Å². The van der Waals surface area contributed by atoms with E-state index in [1.807, 2.05) is 0 Å². The van der Waals surface area contributed by atoms with Gasteiger partial charge in [0, 0.05) is 9.65 Å². The third-order valence-electron chi connectivity index (χ3n) is 2.51. The molecule has 0 nitrogen and oxygen atoms in total. The van der Waals surface area contributed by atoms with Crippen LogP contribution < -0.4 is 0 Å². The van der Waals surface area contributed by atoms with Gasteiger partial charge in [0.15, 0.2) is 0 Å². The highest BCUT2D eigenvalue weighted by molar-refractivity contribution is 9.12. The molecule has 2 rings (SSSR count). The average Bonchev–Trinajstić information content (AvgIpc) is 2.57. The fourth-order valence-electron chi connectivity index (χ4n) is 1.46. The molecule has 0 N–H and O–H groups in total. The topological polar surface area (TPSA) is 0 Å². The second-order valence-electron chi connectivity index (χ2n) is 3.06. The predicted molar refractivity (Wildman–Crippen MR) is 41.7 cm³/mol. The van der Waals surface area contributed by atoms with Crippen LogP contribution in [0.4, 0.5) is 0 Å². The minimum Gasteiger partial charge on any atom is -0.0913 e. The molecule has 46 valence electrons. The van der Waals surface area contributed by atoms with Crippen molar-refractivity contribution in [3.05, 3.63) is 0 Å². The van der Waals surface area contributed by atoms with Gasteiger partial charge >= 0.3 is 0 Å². The number of hydrogen-bond acceptors (Lipinski definition) is 0. The van der Waals surface area contributed by atoms with Crippen LogP contribution in [0.2, 0.25) is 0 Å². The summed E-state index contributed by atoms with van der Waals surface area (Å²) in [6.07, 6.45) is 4.33. The zero-order chi connectivity index (χ0) is 5.83. The molecule has 8 heavy (non-hydrogen) atoms. The minimum absolute atomic E-state index is 0.528. The predicted octanol–water partition coefficient (Wildman–Crippen LogP) is 2.70. The van der Waals surface area contributed by atoms with Crippen molar-refractivity contribution < 1.29 is 0 Å². The lowest BCUT2D eigenvalue weighted by Gasteiger charge is -1.98. The maximum atomic E-state index is 3.73. The Morgan fingerprint density at radius 3 is 2.12 bits per heavy atom. The monoisotopic (exact) mass is 238 g/mol. The first-order valence-corrected chi connectivity index (χ1v) is 4.89. The first kappa shape index (κ1) is 5.72. The molecule has 0 aromatic carbocycles. The molecule has 0 bridgehead atoms. The molecule has 0 aromatic rings. The van der Waals surface area contributed by atoms with Gasteiger partial charge in [-0.3, -0.25) is 0 Å². The Bertz CT molecular complexity index is 128. The molecule has 0 aliphatic heterocycles. The number of halogens is 2. The zero-order valence-electron chi connectivity index (χ0n) is 4.58. The van der Waals surface area contributed by atoms with Crippen LogP contribution in [-0.2, 0) is 0 Å². The van der Waals surface area contributed by atoms with Crippen LogP contribution in [0, 0.1) is 5.41 Å². The summed E-state index contributed by atoms with van der Waals surface area (Å²) in [6.45, 7) is 0. The fraction of sp³-hybridized carbons (Fsp3) is 1.00. The van der Waals surface area contributed by atoms with Crippen LogP contribution in [-0.4, -0.2) is 9.65 Å². The maximum absolute atomic E-state index is 3.73. The number of alkyl halides is 2. The van der Waals surface area contributed by atoms with Crippen molar-refractivity contribution in [3.63, 3.8) is 0 Å². The van der Waals surface area contributed by atoms with Crippen molar-refractivity contribution in [2.24, 2.45) is 5.41 Å². The Kier molecular flexibility index (Phi) is 0.959. The molecule has 1 unspecified atom stereocenters. The van der Waals surface area contributed by atoms with Gasteiger partial charge in [0.2, 0.25) is 0 Å². The van der Waals surface area contributed by atoms with Gasteiger partial charge in [0.25, 0.3) is 0 Å². The Morgan fingerprint density at radius 2 is 2.00 bits per heavy atom. The third-order valence-corrected chi connectivity index (χ3v) is 5.62. The Hall–Kier alpha value is 0.960. The lowest BCUT2D eigenvalue weighted by Crippen LogP contribution is -2.01. The summed E-state index contributed by atoms with van der Waals surface area (Å²) in [5, 5.41) is 1.14. The van der Waals surface area contributed by atoms with Crippen molar-refractivity contribution in [1.82, 2.24) is 0 Å². The first-order chi connectivity index (χ1) is 3.72. The summed E-state index contributed by atoms with van der Waals surface area (Å²) >= 11 is 7.23. The molecule has 1 spiro atoms. The van der Waals surface area contributed by atoms with Gasteiger partial charge in [-0.05, 0) is 24.7 Å². The number of rotatable bonds is 1. The van der Waals surface area contributed by atoms with Crippen LogP contribution in [0.5, 0.6) is 0 Å². The van der Waals surface area contributed by atoms with E-state index in [1.165, 1.54) is 19.3 Å². The summed E-state index contributed by atoms with van der Waals surface area (Å²) in [6, 6.07) is 0. The fourth-order valence-corrected chi connectivity index (χ4v) is 3.18. The van der Waals surface area contributed by atoms with Gasteiger partial charge in [0.1, 0.15) is 0 Å². The highest BCUT2D eigenvalue weighted by Gasteiger charge is 2.72. The van der Waals surface area contributed by atoms with Gasteiger partial charge in [-0.2, -0.15) is 0 Å². The molecule has 1 atom stereocenters. The smallest absolute Gasteiger partial charge is 0.0417 e. The second-order valence-corrected chi connectivity index (χ2v) is 5.13. The van der Waals surface area contributed by atoms with Gasteiger partial charge < -0.3 is 0 Å². The van der Waals surface area contributed by atoms with Gasteiger partial charge in [0.05, 0.1) is 0 Å². The molecule has 0 heterocycles. The quantitative estimate of drug-likeness (QED) is 0.618. The van der Waals surface area contributed by atoms with E-state index in [-0.39, 0.29) is 0 Å². The molecule has 2 fully saturated rings. The normalized spacial score (nSPS) is 47.2. The highest BCUT2D eigenvalue weighted by atomic mass is 79.9. The number of hydrogen-bond donors (Lipinski definition) is 0. The van der Waals surface area contributed by atoms with E-state index >= 15 is 0 Å². The van der Waals surface area contributed by atoms with E-state index in [0.717, 1.165) is 10.7 Å². The molecule has 2 aliphatic rings. The molecule has 0 saturated heterocycles. The van der Waals surface area contributed by atoms with Crippen molar-refractivity contribution in [2.45, 2.75) is 23.6 Å². The second kappa shape index (κ2) is 1.34. The molecule has 0 amide bonds. The van der Waals surface area contributed by atoms with Crippen molar-refractivity contribution in [1.29, 1.82) is 0 Å². The van der Waals surface area contributed by atoms with E-state index in [2.05, 4.69) is 31.9 Å². The Morgan fingerprint density at radius 1 is 1.38 bits per heavy atom. The summed E-state index contributed by atoms with van der Waals surface area (Å²) in [7, 11) is 0. The molecule has 0 aromatic heterocycles. The lowest BCUT2D eigenvalue weighted by atomic mass is 10.3. The van der Waals surface area contributed by atoms with Gasteiger partial charge in [-0.1, -0.05) is 31.9 Å². The SMILES string of the molecule is BrCC1(Br)CC12CC2. The molecule has 2 saturated carbocycles. The van der Waals surface area contributed by atoms with E-state index in [4.69, 9.17) is 0 Å². The van der Waals surface area contributed by atoms with Crippen LogP contribution >= 0.6 is 31.9 Å². The highest BCUT2D eigenvalue weighted by Crippen LogP contribution is 2.77. The maximum Gasteiger partial charge on any atom is 0.0417 e. The lowest BCUT2D eigenvalue weighted by molar-refractivity contribution is 0.830. The van der Waals surface area contributed by atoms with Crippen molar-refractivity contribution >= 4 is 31.9 Å². The van der Waals surface area contributed by atoms with Crippen molar-refractivity contribution in [3.8, 4) is 0 Å². The largest absolute Gasteiger partial charge is 0.0913 e. The summed E-state index contributed by atoms with van der Waals surface area (Å²) in [5.41, 5.74) is 0.774. The third kappa shape index (κ3) is 0.513. The molecular formula is C6H8Br2. The van der Waals surface area contributed by atoms with Gasteiger partial charge in [-0.25, -0.2) is 0 Å². The zero-order valence-corrected chi connectivity index (χ0v) is 7.76. The van der Waals surface area contributed by atoms with Crippen LogP contribution in [0.25, 0.3) is 0 Å². The Labute approximate surface area is 66.3 Å². The van der Waals surface area contributed by atoms with E-state index in [9.17, 15) is 0 Å². The first-order valence-electron chi connectivity index (χ1n) is 2.97. The Balaban J connectivity index is 2.11. The standard InChI is InChI=1S/C6H8Br2/c7-4-6(8)3-5(6)1-2-5/h1-4H2. The molecule has 2 aliphatic carbocycles. The van der Waals surface area contributed by atoms with Crippen LogP contribution in [0.1, 0.15) is 19.3 Å². The van der Waals surface area contributed by atoms with Gasteiger partial charge in [-0.15, -0.1) is 0 Å².